The molecule has 15 rings (SSSR count). The number of thiazole rings is 1. The molecule has 0 spiro atoms. The van der Waals surface area contributed by atoms with Gasteiger partial charge >= 0.3 is 0 Å². The Bertz CT molecular complexity index is 4380. The van der Waals surface area contributed by atoms with E-state index in [0.717, 1.165) is 127 Å². The maximum absolute atomic E-state index is 5.61. The summed E-state index contributed by atoms with van der Waals surface area (Å²) >= 11 is 5.03. The highest BCUT2D eigenvalue weighted by molar-refractivity contribution is 7.18. The number of fused-ring (bicyclic) bond motifs is 4. The maximum Gasteiger partial charge on any atom is 0.229 e. The number of tetrazole rings is 1. The van der Waals surface area contributed by atoms with Crippen molar-refractivity contribution >= 4 is 77.5 Å². The van der Waals surface area contributed by atoms with E-state index in [0.29, 0.717) is 53.2 Å². The molecule has 20 heteroatoms. The van der Waals surface area contributed by atoms with E-state index in [2.05, 4.69) is 247 Å². The predicted octanol–water partition coefficient (Wildman–Crippen LogP) is 25.3. The number of aromatic nitrogens is 15. The second kappa shape index (κ2) is 43.0. The molecule has 7 aromatic carbocycles. The van der Waals surface area contributed by atoms with E-state index >= 15 is 0 Å². The standard InChI is InChI=1S/C12H14N2O.2C12H14N2S.C12H15N.C11H14N2.C11H13NO.C11H13NS.C5H10N4/c2*1-3-9(2)12-13-11(14-15-12)10-7-5-4-6-8-10;1-3-9(2)11-13-14-12(15-11)10-7-5-4-6-8-10;1-3-9(2)10-5-4-6-12-11(10)7-8-13-12;3*1-3-8(2)11-12-9-6-4-5-7-10(9)13-11;1-3-4(2)5-6-8-9-7-5/h3*4-9H,3H2,1-2H3;4-9,13H,3H2,1-2H3;4-8H,3H2,1-2H3,(H,12,13);2*4-8H,3H2,1-2H3;4H,3H2,1-2H3,(H,6,7,8,9). The first-order valence-corrected chi connectivity index (χ1v) is 40.0. The minimum atomic E-state index is 0.329. The number of aromatic amines is 3. The molecule has 106 heavy (non-hydrogen) atoms. The molecule has 15 aromatic rings. The molecular weight excluding hydrogens is 1370 g/mol. The van der Waals surface area contributed by atoms with Crippen molar-refractivity contribution in [3.63, 3.8) is 0 Å². The number of rotatable bonds is 19. The van der Waals surface area contributed by atoms with Crippen LogP contribution in [-0.4, -0.2) is 75.2 Å². The Kier molecular flexibility index (Phi) is 33.2. The van der Waals surface area contributed by atoms with Gasteiger partial charge in [-0.1, -0.05) is 272 Å². The molecule has 0 bridgehead atoms. The lowest BCUT2D eigenvalue weighted by Gasteiger charge is -2.09. The second-order valence-electron chi connectivity index (χ2n) is 26.7. The van der Waals surface area contributed by atoms with Crippen molar-refractivity contribution in [2.75, 3.05) is 0 Å². The SMILES string of the molecule is CCC(C)c1cccc2[nH]ccc12.CCC(C)c1nc(-c2ccccc2)no1.CCC(C)c1nc(-c2ccccc2)ns1.CCC(C)c1nc2ccccc2[nH]1.CCC(C)c1nc2ccccc2o1.CCC(C)c1nc2ccccc2s1.CCC(C)c1nn[nH]n1.CCC(C)c1nnc(-c2ccccc2)s1. The van der Waals surface area contributed by atoms with Gasteiger partial charge in [-0.25, -0.2) is 19.9 Å². The number of nitrogens with one attached hydrogen (secondary N) is 3. The molecule has 0 radical (unpaired) electrons. The number of hydrogen-bond donors (Lipinski definition) is 3. The van der Waals surface area contributed by atoms with Crippen LogP contribution in [0, 0.1) is 0 Å². The highest BCUT2D eigenvalue weighted by Crippen LogP contribution is 2.32. The summed E-state index contributed by atoms with van der Waals surface area (Å²) in [6, 6.07) is 63.2. The van der Waals surface area contributed by atoms with Crippen molar-refractivity contribution in [3.05, 3.63) is 238 Å². The van der Waals surface area contributed by atoms with E-state index in [4.69, 9.17) is 8.94 Å². The molecule has 0 saturated heterocycles. The van der Waals surface area contributed by atoms with Gasteiger partial charge < -0.3 is 18.9 Å². The molecule has 8 atom stereocenters. The summed E-state index contributed by atoms with van der Waals surface area (Å²) in [5.74, 6) is 8.96. The minimum absolute atomic E-state index is 0.329. The van der Waals surface area contributed by atoms with Crippen molar-refractivity contribution in [1.82, 2.24) is 75.2 Å². The molecule has 0 aliphatic heterocycles. The largest absolute Gasteiger partial charge is 0.440 e. The van der Waals surface area contributed by atoms with E-state index in [-0.39, 0.29) is 0 Å². The minimum Gasteiger partial charge on any atom is -0.440 e. The van der Waals surface area contributed by atoms with Gasteiger partial charge in [-0.05, 0) is 123 Å². The topological polar surface area (TPSA) is 228 Å². The monoisotopic (exact) mass is 1480 g/mol. The molecule has 556 valence electrons. The van der Waals surface area contributed by atoms with Gasteiger partial charge in [0.2, 0.25) is 11.7 Å². The molecule has 8 aromatic heterocycles. The van der Waals surface area contributed by atoms with Crippen LogP contribution in [0.4, 0.5) is 0 Å². The fraction of sp³-hybridized carbons (Fsp3) is 0.372. The number of para-hydroxylation sites is 5. The molecule has 0 aliphatic carbocycles. The number of oxazole rings is 1. The third kappa shape index (κ3) is 23.9. The molecule has 8 heterocycles. The first-order chi connectivity index (χ1) is 51.5. The quantitative estimate of drug-likeness (QED) is 0.0684. The lowest BCUT2D eigenvalue weighted by atomic mass is 9.95. The van der Waals surface area contributed by atoms with Crippen LogP contribution in [0.2, 0.25) is 0 Å². The van der Waals surface area contributed by atoms with E-state index in [9.17, 15) is 0 Å². The lowest BCUT2D eigenvalue weighted by Crippen LogP contribution is -1.93. The van der Waals surface area contributed by atoms with Gasteiger partial charge in [0.25, 0.3) is 0 Å². The fourth-order valence-corrected chi connectivity index (χ4v) is 13.1. The Morgan fingerprint density at radius 3 is 1.55 bits per heavy atom. The normalized spacial score (nSPS) is 13.1. The van der Waals surface area contributed by atoms with Crippen LogP contribution in [0.3, 0.4) is 0 Å². The Morgan fingerprint density at radius 2 is 0.943 bits per heavy atom. The third-order valence-corrected chi connectivity index (χ3v) is 22.3. The first kappa shape index (κ1) is 81.9. The van der Waals surface area contributed by atoms with Crippen molar-refractivity contribution in [2.24, 2.45) is 0 Å². The Labute approximate surface area is 638 Å². The Morgan fingerprint density at radius 1 is 0.396 bits per heavy atom. The molecule has 0 fully saturated rings. The van der Waals surface area contributed by atoms with Crippen LogP contribution in [0.25, 0.3) is 76.6 Å². The molecule has 0 aliphatic rings. The molecule has 17 nitrogen and oxygen atoms in total. The molecule has 3 N–H and O–H groups in total. The highest BCUT2D eigenvalue weighted by Gasteiger charge is 2.17. The van der Waals surface area contributed by atoms with Crippen LogP contribution < -0.4 is 0 Å². The number of benzene rings is 7. The van der Waals surface area contributed by atoms with Gasteiger partial charge in [-0.15, -0.1) is 31.7 Å². The van der Waals surface area contributed by atoms with Gasteiger partial charge in [0.15, 0.2) is 23.1 Å². The van der Waals surface area contributed by atoms with Crippen molar-refractivity contribution in [1.29, 1.82) is 0 Å². The van der Waals surface area contributed by atoms with Crippen LogP contribution in [0.15, 0.2) is 203 Å². The molecule has 8 unspecified atom stereocenters. The molecular formula is C86H107N15O2S3. The summed E-state index contributed by atoms with van der Waals surface area (Å²) in [6.07, 6.45) is 10.9. The van der Waals surface area contributed by atoms with E-state index in [1.165, 1.54) is 50.5 Å². The number of imidazole rings is 1. The molecule has 0 amide bonds. The predicted molar refractivity (Wildman–Crippen MR) is 442 cm³/mol. The first-order valence-electron chi connectivity index (χ1n) is 37.6. The van der Waals surface area contributed by atoms with Crippen LogP contribution in [0.1, 0.15) is 254 Å². The average Bonchev–Trinajstić information content (AvgIpc) is 1.74. The fourth-order valence-electron chi connectivity index (χ4n) is 10.2. The number of H-pyrrole nitrogens is 3. The summed E-state index contributed by atoms with van der Waals surface area (Å²) < 4.78 is 16.5. The Balaban J connectivity index is 0.000000153. The van der Waals surface area contributed by atoms with Crippen LogP contribution in [-0.2, 0) is 0 Å². The maximum atomic E-state index is 5.61. The summed E-state index contributed by atoms with van der Waals surface area (Å²) in [4.78, 5) is 29.1. The molecule has 0 saturated carbocycles. The third-order valence-electron chi connectivity index (χ3n) is 18.9. The van der Waals surface area contributed by atoms with E-state index in [1.807, 2.05) is 145 Å². The summed E-state index contributed by atoms with van der Waals surface area (Å²) in [6.45, 7) is 34.7. The van der Waals surface area contributed by atoms with Crippen molar-refractivity contribution in [3.8, 4) is 33.3 Å². The number of hydrogen-bond acceptors (Lipinski definition) is 17. The Hall–Kier alpha value is -9.76. The smallest absolute Gasteiger partial charge is 0.229 e. The highest BCUT2D eigenvalue weighted by atomic mass is 32.1. The summed E-state index contributed by atoms with van der Waals surface area (Å²) in [7, 11) is 0. The van der Waals surface area contributed by atoms with Gasteiger partial charge in [0, 0.05) is 75.2 Å². The van der Waals surface area contributed by atoms with E-state index < -0.39 is 0 Å². The lowest BCUT2D eigenvalue weighted by molar-refractivity contribution is 0.357. The summed E-state index contributed by atoms with van der Waals surface area (Å²) in [5, 5.41) is 31.9. The second-order valence-corrected chi connectivity index (χ2v) is 29.5. The van der Waals surface area contributed by atoms with Gasteiger partial charge in [0.1, 0.15) is 26.4 Å². The van der Waals surface area contributed by atoms with Crippen LogP contribution in [0.5, 0.6) is 0 Å². The van der Waals surface area contributed by atoms with Crippen molar-refractivity contribution < 1.29 is 8.94 Å². The summed E-state index contributed by atoms with van der Waals surface area (Å²) in [5.41, 5.74) is 11.1. The number of nitrogens with zero attached hydrogens (tertiary/aromatic N) is 12. The van der Waals surface area contributed by atoms with E-state index in [1.54, 1.807) is 11.3 Å². The zero-order valence-corrected chi connectivity index (χ0v) is 67.1. The zero-order chi connectivity index (χ0) is 75.7. The zero-order valence-electron chi connectivity index (χ0n) is 64.7. The van der Waals surface area contributed by atoms with Gasteiger partial charge in [-0.2, -0.15) is 14.6 Å². The van der Waals surface area contributed by atoms with Gasteiger partial charge in [0.05, 0.1) is 26.3 Å². The van der Waals surface area contributed by atoms with Crippen molar-refractivity contribution in [2.45, 2.75) is 209 Å². The van der Waals surface area contributed by atoms with Gasteiger partial charge in [-0.3, -0.25) is 0 Å². The average molecular weight is 1480 g/mol. The van der Waals surface area contributed by atoms with Crippen LogP contribution >= 0.6 is 34.2 Å².